The predicted octanol–water partition coefficient (Wildman–Crippen LogP) is 4.02. The molecule has 154 valence electrons. The number of hydrogen-bond donors (Lipinski definition) is 0. The van der Waals surface area contributed by atoms with E-state index < -0.39 is 6.10 Å². The molecule has 3 rings (SSSR count). The molecule has 1 aliphatic rings. The Morgan fingerprint density at radius 3 is 2.62 bits per heavy atom. The molecule has 1 heterocycles. The number of ether oxygens (including phenoxy) is 5. The summed E-state index contributed by atoms with van der Waals surface area (Å²) in [6, 6.07) is 13.4. The lowest BCUT2D eigenvalue weighted by atomic mass is 10.1. The van der Waals surface area contributed by atoms with Gasteiger partial charge in [-0.1, -0.05) is 24.3 Å². The highest BCUT2D eigenvalue weighted by molar-refractivity contribution is 5.75. The number of rotatable bonds is 10. The van der Waals surface area contributed by atoms with Gasteiger partial charge in [0.05, 0.1) is 6.61 Å². The zero-order valence-electron chi connectivity index (χ0n) is 16.8. The van der Waals surface area contributed by atoms with Gasteiger partial charge in [0, 0.05) is 13.0 Å². The van der Waals surface area contributed by atoms with E-state index in [1.165, 1.54) is 0 Å². The van der Waals surface area contributed by atoms with Crippen molar-refractivity contribution in [2.75, 3.05) is 26.6 Å². The summed E-state index contributed by atoms with van der Waals surface area (Å²) < 4.78 is 27.0. The van der Waals surface area contributed by atoms with Crippen molar-refractivity contribution >= 4 is 12.0 Å². The van der Waals surface area contributed by atoms with Crippen LogP contribution in [0.25, 0.3) is 6.08 Å². The van der Waals surface area contributed by atoms with E-state index in [2.05, 4.69) is 0 Å². The minimum atomic E-state index is -0.587. The van der Waals surface area contributed by atoms with Gasteiger partial charge in [-0.3, -0.25) is 0 Å². The second-order valence-electron chi connectivity index (χ2n) is 6.37. The molecule has 2 aromatic carbocycles. The van der Waals surface area contributed by atoms with Gasteiger partial charge in [-0.2, -0.15) is 0 Å². The average Bonchev–Trinajstić information content (AvgIpc) is 3.20. The van der Waals surface area contributed by atoms with Crippen LogP contribution in [0.5, 0.6) is 17.2 Å². The van der Waals surface area contributed by atoms with Crippen molar-refractivity contribution in [2.24, 2.45) is 0 Å². The molecular formula is C23H26O6. The maximum absolute atomic E-state index is 12.0. The second-order valence-corrected chi connectivity index (χ2v) is 6.37. The summed E-state index contributed by atoms with van der Waals surface area (Å²) in [6.45, 7) is 5.16. The Hall–Kier alpha value is -2.99. The van der Waals surface area contributed by atoms with Crippen LogP contribution in [0, 0.1) is 0 Å². The molecule has 1 aliphatic heterocycles. The summed E-state index contributed by atoms with van der Waals surface area (Å²) in [5.41, 5.74) is 2.01. The Labute approximate surface area is 171 Å². The molecule has 0 spiro atoms. The van der Waals surface area contributed by atoms with Gasteiger partial charge < -0.3 is 23.7 Å². The molecule has 0 saturated carbocycles. The third kappa shape index (κ3) is 5.99. The monoisotopic (exact) mass is 398 g/mol. The number of carbonyl (C=O) groups excluding carboxylic acids is 1. The predicted molar refractivity (Wildman–Crippen MR) is 109 cm³/mol. The standard InChI is InChI=1S/C23H26O6/c1-3-25-22(23(24)26-4-2)15-18-7-10-19(11-8-18)27-13-5-6-17-9-12-20-21(14-17)29-16-28-20/h5-12,14,22H,3-4,13,15-16H2,1-2H3. The highest BCUT2D eigenvalue weighted by Gasteiger charge is 2.20. The van der Waals surface area contributed by atoms with Crippen molar-refractivity contribution in [1.82, 2.24) is 0 Å². The van der Waals surface area contributed by atoms with E-state index in [0.717, 1.165) is 28.4 Å². The minimum absolute atomic E-state index is 0.271. The molecule has 0 radical (unpaired) electrons. The molecule has 1 atom stereocenters. The molecule has 0 amide bonds. The molecule has 0 bridgehead atoms. The summed E-state index contributed by atoms with van der Waals surface area (Å²) in [5.74, 6) is 1.96. The molecular weight excluding hydrogens is 372 g/mol. The third-order valence-electron chi connectivity index (χ3n) is 4.31. The molecule has 29 heavy (non-hydrogen) atoms. The van der Waals surface area contributed by atoms with Crippen LogP contribution < -0.4 is 14.2 Å². The number of hydrogen-bond acceptors (Lipinski definition) is 6. The Balaban J connectivity index is 1.49. The van der Waals surface area contributed by atoms with Gasteiger partial charge in [-0.25, -0.2) is 4.79 Å². The normalized spacial score (nSPS) is 13.4. The van der Waals surface area contributed by atoms with Crippen LogP contribution >= 0.6 is 0 Å². The smallest absolute Gasteiger partial charge is 0.335 e. The fourth-order valence-corrected chi connectivity index (χ4v) is 2.93. The molecule has 6 heteroatoms. The van der Waals surface area contributed by atoms with Crippen molar-refractivity contribution in [3.8, 4) is 17.2 Å². The average molecular weight is 398 g/mol. The van der Waals surface area contributed by atoms with Crippen molar-refractivity contribution in [3.05, 3.63) is 59.7 Å². The van der Waals surface area contributed by atoms with Crippen LogP contribution in [-0.4, -0.2) is 38.7 Å². The van der Waals surface area contributed by atoms with Crippen molar-refractivity contribution in [1.29, 1.82) is 0 Å². The van der Waals surface area contributed by atoms with E-state index in [4.69, 9.17) is 23.7 Å². The molecule has 0 aliphatic carbocycles. The van der Waals surface area contributed by atoms with E-state index in [0.29, 0.717) is 26.2 Å². The van der Waals surface area contributed by atoms with E-state index >= 15 is 0 Å². The fourth-order valence-electron chi connectivity index (χ4n) is 2.93. The Morgan fingerprint density at radius 1 is 1.07 bits per heavy atom. The Kier molecular flexibility index (Phi) is 7.53. The van der Waals surface area contributed by atoms with Gasteiger partial charge in [0.2, 0.25) is 6.79 Å². The molecule has 6 nitrogen and oxygen atoms in total. The van der Waals surface area contributed by atoms with E-state index in [-0.39, 0.29) is 12.8 Å². The van der Waals surface area contributed by atoms with Crippen molar-refractivity contribution < 1.29 is 28.5 Å². The fraction of sp³-hybridized carbons (Fsp3) is 0.348. The van der Waals surface area contributed by atoms with Gasteiger partial charge in [-0.15, -0.1) is 0 Å². The van der Waals surface area contributed by atoms with Gasteiger partial charge in [-0.05, 0) is 55.3 Å². The number of carbonyl (C=O) groups is 1. The third-order valence-corrected chi connectivity index (χ3v) is 4.31. The van der Waals surface area contributed by atoms with Crippen LogP contribution in [-0.2, 0) is 20.7 Å². The van der Waals surface area contributed by atoms with Crippen LogP contribution in [0.3, 0.4) is 0 Å². The lowest BCUT2D eigenvalue weighted by Crippen LogP contribution is -2.28. The zero-order valence-corrected chi connectivity index (χ0v) is 16.8. The lowest BCUT2D eigenvalue weighted by molar-refractivity contribution is -0.156. The van der Waals surface area contributed by atoms with Gasteiger partial charge in [0.15, 0.2) is 17.6 Å². The van der Waals surface area contributed by atoms with Crippen molar-refractivity contribution in [3.63, 3.8) is 0 Å². The number of esters is 1. The Morgan fingerprint density at radius 2 is 1.86 bits per heavy atom. The largest absolute Gasteiger partial charge is 0.490 e. The first-order valence-electron chi connectivity index (χ1n) is 9.75. The first kappa shape index (κ1) is 20.7. The van der Waals surface area contributed by atoms with Gasteiger partial charge >= 0.3 is 5.97 Å². The molecule has 0 aromatic heterocycles. The molecule has 0 fully saturated rings. The second kappa shape index (κ2) is 10.5. The summed E-state index contributed by atoms with van der Waals surface area (Å²) in [6.07, 6.45) is 3.80. The van der Waals surface area contributed by atoms with E-state index in [9.17, 15) is 4.79 Å². The molecule has 2 aromatic rings. The van der Waals surface area contributed by atoms with Crippen LogP contribution in [0.4, 0.5) is 0 Å². The molecule has 0 N–H and O–H groups in total. The Bertz CT molecular complexity index is 828. The summed E-state index contributed by atoms with van der Waals surface area (Å²) >= 11 is 0. The molecule has 1 unspecified atom stereocenters. The minimum Gasteiger partial charge on any atom is -0.490 e. The van der Waals surface area contributed by atoms with Gasteiger partial charge in [0.25, 0.3) is 0 Å². The quantitative estimate of drug-likeness (QED) is 0.564. The zero-order chi connectivity index (χ0) is 20.5. The van der Waals surface area contributed by atoms with Gasteiger partial charge in [0.1, 0.15) is 12.4 Å². The topological polar surface area (TPSA) is 63.2 Å². The SMILES string of the molecule is CCOC(=O)C(Cc1ccc(OCC=Cc2ccc3c(c2)OCO3)cc1)OCC. The molecule has 0 saturated heterocycles. The lowest BCUT2D eigenvalue weighted by Gasteiger charge is -2.15. The first-order chi connectivity index (χ1) is 14.2. The van der Waals surface area contributed by atoms with E-state index in [1.54, 1.807) is 6.92 Å². The van der Waals surface area contributed by atoms with E-state index in [1.807, 2.05) is 61.5 Å². The van der Waals surface area contributed by atoms with Crippen LogP contribution in [0.15, 0.2) is 48.5 Å². The number of benzene rings is 2. The maximum Gasteiger partial charge on any atom is 0.335 e. The first-order valence-corrected chi connectivity index (χ1v) is 9.75. The summed E-state index contributed by atoms with van der Waals surface area (Å²) in [4.78, 5) is 12.0. The summed E-state index contributed by atoms with van der Waals surface area (Å²) in [7, 11) is 0. The van der Waals surface area contributed by atoms with Crippen LogP contribution in [0.2, 0.25) is 0 Å². The highest BCUT2D eigenvalue weighted by atomic mass is 16.7. The van der Waals surface area contributed by atoms with Crippen molar-refractivity contribution in [2.45, 2.75) is 26.4 Å². The maximum atomic E-state index is 12.0. The number of fused-ring (bicyclic) bond motifs is 1. The summed E-state index contributed by atoms with van der Waals surface area (Å²) in [5, 5.41) is 0. The van der Waals surface area contributed by atoms with Crippen LogP contribution in [0.1, 0.15) is 25.0 Å². The highest BCUT2D eigenvalue weighted by Crippen LogP contribution is 2.32.